The van der Waals surface area contributed by atoms with E-state index in [1.165, 1.54) is 0 Å². The van der Waals surface area contributed by atoms with Gasteiger partial charge in [0.15, 0.2) is 11.5 Å². The van der Waals surface area contributed by atoms with Gasteiger partial charge in [-0.15, -0.1) is 0 Å². The number of likely N-dealkylation sites (N-methyl/N-ethyl adjacent to an activating group) is 1. The van der Waals surface area contributed by atoms with E-state index in [0.717, 1.165) is 24.9 Å². The number of nitrogens with one attached hydrogen (secondary N) is 3. The van der Waals surface area contributed by atoms with Crippen molar-refractivity contribution in [2.24, 2.45) is 0 Å². The van der Waals surface area contributed by atoms with Crippen LogP contribution in [-0.4, -0.2) is 94.1 Å². The highest BCUT2D eigenvalue weighted by atomic mass is 16.5. The van der Waals surface area contributed by atoms with E-state index in [4.69, 9.17) is 9.47 Å². The lowest BCUT2D eigenvalue weighted by molar-refractivity contribution is 0.0604. The number of aromatic nitrogens is 4. The molecule has 5 rings (SSSR count). The molecule has 1 aromatic carbocycles. The van der Waals surface area contributed by atoms with Gasteiger partial charge in [-0.05, 0) is 56.9 Å². The second-order valence-corrected chi connectivity index (χ2v) is 10.00. The summed E-state index contributed by atoms with van der Waals surface area (Å²) >= 11 is 0. The van der Waals surface area contributed by atoms with Crippen LogP contribution >= 0.6 is 0 Å². The van der Waals surface area contributed by atoms with Crippen LogP contribution in [0.2, 0.25) is 0 Å². The molecule has 12 heteroatoms. The summed E-state index contributed by atoms with van der Waals surface area (Å²) in [6.07, 6.45) is 7.24. The van der Waals surface area contributed by atoms with Crippen LogP contribution in [0.4, 0.5) is 11.6 Å². The number of carbonyl (C=O) groups excluding carboxylic acids is 1. The first-order valence-corrected chi connectivity index (χ1v) is 13.3. The molecule has 214 valence electrons. The minimum absolute atomic E-state index is 0.100. The summed E-state index contributed by atoms with van der Waals surface area (Å²) in [6.45, 7) is 2.22. The van der Waals surface area contributed by atoms with Gasteiger partial charge in [0.05, 0.1) is 7.11 Å². The topological polar surface area (TPSA) is 141 Å². The summed E-state index contributed by atoms with van der Waals surface area (Å²) in [4.78, 5) is 25.3. The molecule has 0 saturated carbocycles. The lowest BCUT2D eigenvalue weighted by Gasteiger charge is -2.20. The van der Waals surface area contributed by atoms with E-state index in [2.05, 4.69) is 30.8 Å². The average Bonchev–Trinajstić information content (AvgIpc) is 3.61. The normalized spacial score (nSPS) is 16.4. The molecule has 0 aliphatic carbocycles. The largest absolute Gasteiger partial charge is 0.497 e. The third kappa shape index (κ3) is 6.98. The zero-order chi connectivity index (χ0) is 28.8. The third-order valence-electron chi connectivity index (χ3n) is 6.69. The number of hydrogen-bond donors (Lipinski definition) is 4. The van der Waals surface area contributed by atoms with Gasteiger partial charge in [-0.2, -0.15) is 5.10 Å². The number of methoxy groups -OCH3 is 1. The molecule has 1 fully saturated rings. The molecule has 1 saturated heterocycles. The monoisotopic (exact) mass is 558 g/mol. The van der Waals surface area contributed by atoms with Crippen molar-refractivity contribution < 1.29 is 19.4 Å². The van der Waals surface area contributed by atoms with Gasteiger partial charge in [0.25, 0.3) is 5.91 Å². The molecular formula is C29H34N8O4. The van der Waals surface area contributed by atoms with Gasteiger partial charge in [-0.3, -0.25) is 14.8 Å². The molecule has 4 heterocycles. The number of aliphatic hydroxyl groups excluding tert-OH is 1. The third-order valence-corrected chi connectivity index (χ3v) is 6.69. The number of aliphatic hydroxyl groups is 1. The zero-order valence-corrected chi connectivity index (χ0v) is 23.2. The van der Waals surface area contributed by atoms with E-state index in [9.17, 15) is 9.90 Å². The van der Waals surface area contributed by atoms with E-state index >= 15 is 0 Å². The number of H-pyrrole nitrogens is 1. The average molecular weight is 559 g/mol. The maximum Gasteiger partial charge on any atom is 0.256 e. The van der Waals surface area contributed by atoms with E-state index < -0.39 is 6.23 Å². The number of aromatic amines is 1. The number of benzene rings is 1. The molecule has 0 radical (unpaired) electrons. The lowest BCUT2D eigenvalue weighted by Crippen LogP contribution is -2.34. The van der Waals surface area contributed by atoms with Gasteiger partial charge < -0.3 is 30.1 Å². The van der Waals surface area contributed by atoms with Crippen LogP contribution in [0.15, 0.2) is 67.0 Å². The number of hydrogen-bond acceptors (Lipinski definition) is 10. The number of nitrogens with zero attached hydrogens (tertiary/aromatic N) is 5. The molecule has 1 unspecified atom stereocenters. The fourth-order valence-corrected chi connectivity index (χ4v) is 4.56. The molecule has 4 aromatic rings. The first-order chi connectivity index (χ1) is 19.9. The molecule has 1 aliphatic rings. The predicted octanol–water partition coefficient (Wildman–Crippen LogP) is 3.33. The van der Waals surface area contributed by atoms with Crippen LogP contribution in [0.1, 0.15) is 16.8 Å². The first kappa shape index (κ1) is 28.0. The molecule has 1 aliphatic heterocycles. The summed E-state index contributed by atoms with van der Waals surface area (Å²) < 4.78 is 11.4. The Balaban J connectivity index is 1.24. The van der Waals surface area contributed by atoms with E-state index in [1.54, 1.807) is 62.0 Å². The van der Waals surface area contributed by atoms with Crippen LogP contribution in [0.5, 0.6) is 17.2 Å². The van der Waals surface area contributed by atoms with Crippen LogP contribution < -0.4 is 20.1 Å². The van der Waals surface area contributed by atoms with Crippen molar-refractivity contribution in [3.8, 4) is 17.2 Å². The number of ether oxygens (including phenoxy) is 2. The second kappa shape index (κ2) is 12.8. The van der Waals surface area contributed by atoms with Crippen LogP contribution in [0.3, 0.4) is 0 Å². The van der Waals surface area contributed by atoms with E-state index in [-0.39, 0.29) is 11.9 Å². The minimum Gasteiger partial charge on any atom is -0.497 e. The van der Waals surface area contributed by atoms with Crippen molar-refractivity contribution in [3.05, 3.63) is 72.6 Å². The van der Waals surface area contributed by atoms with Gasteiger partial charge >= 0.3 is 0 Å². The summed E-state index contributed by atoms with van der Waals surface area (Å²) in [7, 11) is 5.54. The number of likely N-dealkylation sites (tertiary alicyclic amines) is 1. The molecule has 0 spiro atoms. The van der Waals surface area contributed by atoms with Crippen molar-refractivity contribution in [1.29, 1.82) is 0 Å². The summed E-state index contributed by atoms with van der Waals surface area (Å²) in [6, 6.07) is 12.1. The van der Waals surface area contributed by atoms with Crippen molar-refractivity contribution in [2.75, 3.05) is 51.5 Å². The smallest absolute Gasteiger partial charge is 0.256 e. The van der Waals surface area contributed by atoms with Crippen molar-refractivity contribution >= 4 is 28.6 Å². The van der Waals surface area contributed by atoms with Crippen molar-refractivity contribution in [3.63, 3.8) is 0 Å². The number of fused-ring (bicyclic) bond motifs is 1. The van der Waals surface area contributed by atoms with Gasteiger partial charge in [0, 0.05) is 55.8 Å². The highest BCUT2D eigenvalue weighted by Gasteiger charge is 2.27. The zero-order valence-electron chi connectivity index (χ0n) is 23.2. The number of anilines is 2. The Labute approximate surface area is 238 Å². The molecule has 2 atom stereocenters. The Bertz CT molecular complexity index is 1500. The summed E-state index contributed by atoms with van der Waals surface area (Å²) in [5.74, 6) is 2.47. The second-order valence-electron chi connectivity index (χ2n) is 10.00. The molecule has 4 N–H and O–H groups in total. The molecule has 3 aromatic heterocycles. The summed E-state index contributed by atoms with van der Waals surface area (Å²) in [5.41, 5.74) is 1.05. The van der Waals surface area contributed by atoms with E-state index in [0.29, 0.717) is 46.6 Å². The van der Waals surface area contributed by atoms with Crippen LogP contribution in [0.25, 0.3) is 11.0 Å². The van der Waals surface area contributed by atoms with Crippen molar-refractivity contribution in [2.45, 2.75) is 18.7 Å². The number of pyridine rings is 2. The van der Waals surface area contributed by atoms with Crippen LogP contribution in [0, 0.1) is 0 Å². The van der Waals surface area contributed by atoms with E-state index in [1.807, 2.05) is 36.0 Å². The highest BCUT2D eigenvalue weighted by molar-refractivity contribution is 6.03. The van der Waals surface area contributed by atoms with Crippen molar-refractivity contribution in [1.82, 2.24) is 30.0 Å². The van der Waals surface area contributed by atoms with Gasteiger partial charge in [0.2, 0.25) is 0 Å². The SMILES string of the molecule is COc1ccnc(NC(=O)c2ccc(Oc3ccnc4[nH]nc(N[C@@H]5CCN(C(O)/C=C/CN(C)C)C5)c34)cc2)c1. The molecule has 0 bridgehead atoms. The lowest BCUT2D eigenvalue weighted by atomic mass is 10.2. The summed E-state index contributed by atoms with van der Waals surface area (Å²) in [5, 5.41) is 24.9. The number of amides is 1. The van der Waals surface area contributed by atoms with Gasteiger partial charge in [-0.25, -0.2) is 9.97 Å². The number of rotatable bonds is 11. The quantitative estimate of drug-likeness (QED) is 0.203. The standard InChI is InChI=1S/C29H34N8O4/c1-36(2)15-4-5-25(38)37-16-12-20(18-37)32-28-26-23(11-14-31-27(26)34-35-28)41-21-8-6-19(7-9-21)29(39)33-24-17-22(40-3)10-13-30-24/h4-11,13-14,17,20,25,38H,12,15-16,18H2,1-3H3,(H,30,33,39)(H2,31,32,34,35)/b5-4+/t20-,25?/m1/s1. The van der Waals surface area contributed by atoms with Crippen LogP contribution in [-0.2, 0) is 0 Å². The molecule has 1 amide bonds. The fraction of sp³-hybridized carbons (Fsp3) is 0.310. The highest BCUT2D eigenvalue weighted by Crippen LogP contribution is 2.33. The Morgan fingerprint density at radius 2 is 2.00 bits per heavy atom. The molecule has 41 heavy (non-hydrogen) atoms. The number of carbonyl (C=O) groups is 1. The maximum atomic E-state index is 12.7. The van der Waals surface area contributed by atoms with Gasteiger partial charge in [-0.1, -0.05) is 6.08 Å². The Morgan fingerprint density at radius 3 is 2.78 bits per heavy atom. The maximum absolute atomic E-state index is 12.7. The predicted molar refractivity (Wildman–Crippen MR) is 156 cm³/mol. The molecule has 12 nitrogen and oxygen atoms in total. The first-order valence-electron chi connectivity index (χ1n) is 13.3. The Morgan fingerprint density at radius 1 is 1.20 bits per heavy atom. The minimum atomic E-state index is -0.630. The fourth-order valence-electron chi connectivity index (χ4n) is 4.56. The Hall–Kier alpha value is -4.52. The molecular weight excluding hydrogens is 524 g/mol. The Kier molecular flexibility index (Phi) is 8.73. The van der Waals surface area contributed by atoms with Gasteiger partial charge in [0.1, 0.15) is 34.7 Å².